The van der Waals surface area contributed by atoms with Crippen molar-refractivity contribution in [3.63, 3.8) is 0 Å². The molecule has 1 aromatic rings. The van der Waals surface area contributed by atoms with Crippen LogP contribution in [0, 0.1) is 5.92 Å². The molecule has 0 aliphatic heterocycles. The average molecular weight is 250 g/mol. The molecule has 5 nitrogen and oxygen atoms in total. The van der Waals surface area contributed by atoms with Crippen LogP contribution >= 0.6 is 0 Å². The van der Waals surface area contributed by atoms with Gasteiger partial charge in [-0.25, -0.2) is 4.98 Å². The molecule has 1 heterocycles. The number of nitrogens with two attached hydrogens (primary N) is 1. The largest absolute Gasteiger partial charge is 0.368 e. The third-order valence-electron chi connectivity index (χ3n) is 3.74. The molecule has 1 atom stereocenters. The molecule has 0 aromatic carbocycles. The predicted molar refractivity (Wildman–Crippen MR) is 69.9 cm³/mol. The van der Waals surface area contributed by atoms with Crippen LogP contribution in [0.1, 0.15) is 32.5 Å². The summed E-state index contributed by atoms with van der Waals surface area (Å²) in [4.78, 5) is 16.2. The Morgan fingerprint density at radius 2 is 2.33 bits per heavy atom. The Hall–Kier alpha value is -1.36. The fraction of sp³-hybridized carbons (Fsp3) is 0.692. The molecule has 0 saturated heterocycles. The highest BCUT2D eigenvalue weighted by molar-refractivity contribution is 5.85. The quantitative estimate of drug-likeness (QED) is 0.747. The van der Waals surface area contributed by atoms with Crippen LogP contribution in [-0.4, -0.2) is 27.5 Å². The van der Waals surface area contributed by atoms with Crippen molar-refractivity contribution in [1.82, 2.24) is 14.9 Å². The Kier molecular flexibility index (Phi) is 3.71. The van der Waals surface area contributed by atoms with E-state index >= 15 is 0 Å². The van der Waals surface area contributed by atoms with Crippen LogP contribution in [0.5, 0.6) is 0 Å². The fourth-order valence-corrected chi connectivity index (χ4v) is 2.65. The fourth-order valence-electron chi connectivity index (χ4n) is 2.65. The number of primary amides is 1. The average Bonchev–Trinajstić information content (AvgIpc) is 3.10. The minimum Gasteiger partial charge on any atom is -0.368 e. The lowest BCUT2D eigenvalue weighted by Gasteiger charge is -2.32. The van der Waals surface area contributed by atoms with Crippen LogP contribution in [0.2, 0.25) is 0 Å². The second kappa shape index (κ2) is 5.10. The number of nitrogens with zero attached hydrogens (tertiary/aromatic N) is 2. The summed E-state index contributed by atoms with van der Waals surface area (Å²) >= 11 is 0. The molecule has 1 amide bonds. The summed E-state index contributed by atoms with van der Waals surface area (Å²) < 4.78 is 2.05. The number of rotatable bonds is 7. The van der Waals surface area contributed by atoms with E-state index in [2.05, 4.69) is 17.2 Å². The van der Waals surface area contributed by atoms with Crippen LogP contribution < -0.4 is 11.1 Å². The molecule has 1 aliphatic carbocycles. The molecule has 100 valence electrons. The lowest BCUT2D eigenvalue weighted by Crippen LogP contribution is -2.59. The lowest BCUT2D eigenvalue weighted by molar-refractivity contribution is -0.126. The minimum absolute atomic E-state index is 0.248. The first kappa shape index (κ1) is 13.1. The van der Waals surface area contributed by atoms with Gasteiger partial charge in [0, 0.05) is 18.8 Å². The zero-order valence-electron chi connectivity index (χ0n) is 11.1. The molecule has 1 saturated carbocycles. The van der Waals surface area contributed by atoms with Gasteiger partial charge in [-0.15, -0.1) is 0 Å². The van der Waals surface area contributed by atoms with Crippen LogP contribution in [0.4, 0.5) is 0 Å². The van der Waals surface area contributed by atoms with Crippen molar-refractivity contribution in [1.29, 1.82) is 0 Å². The van der Waals surface area contributed by atoms with Gasteiger partial charge in [0.1, 0.15) is 11.4 Å². The number of nitrogens with one attached hydrogen (secondary N) is 1. The van der Waals surface area contributed by atoms with Gasteiger partial charge in [0.15, 0.2) is 0 Å². The topological polar surface area (TPSA) is 72.9 Å². The van der Waals surface area contributed by atoms with Crippen molar-refractivity contribution in [3.05, 3.63) is 18.2 Å². The van der Waals surface area contributed by atoms with Gasteiger partial charge in [-0.3, -0.25) is 4.79 Å². The maximum atomic E-state index is 11.9. The van der Waals surface area contributed by atoms with Crippen LogP contribution in [0.25, 0.3) is 0 Å². The van der Waals surface area contributed by atoms with Crippen LogP contribution in [0.3, 0.4) is 0 Å². The minimum atomic E-state index is -0.612. The highest BCUT2D eigenvalue weighted by Crippen LogP contribution is 2.40. The Morgan fingerprint density at radius 1 is 1.61 bits per heavy atom. The maximum Gasteiger partial charge on any atom is 0.239 e. The van der Waals surface area contributed by atoms with E-state index in [0.29, 0.717) is 12.5 Å². The van der Waals surface area contributed by atoms with Crippen molar-refractivity contribution >= 4 is 5.91 Å². The highest BCUT2D eigenvalue weighted by Gasteiger charge is 2.49. The summed E-state index contributed by atoms with van der Waals surface area (Å²) in [6, 6.07) is 0. The van der Waals surface area contributed by atoms with Crippen LogP contribution in [-0.2, 0) is 17.8 Å². The second-order valence-corrected chi connectivity index (χ2v) is 4.97. The maximum absolute atomic E-state index is 11.9. The van der Waals surface area contributed by atoms with E-state index in [-0.39, 0.29) is 5.91 Å². The summed E-state index contributed by atoms with van der Waals surface area (Å²) in [6.07, 6.45) is 6.72. The van der Waals surface area contributed by atoms with E-state index in [1.54, 1.807) is 6.20 Å². The number of imidazole rings is 1. The van der Waals surface area contributed by atoms with Crippen molar-refractivity contribution in [2.75, 3.05) is 6.54 Å². The summed E-state index contributed by atoms with van der Waals surface area (Å²) in [5.41, 5.74) is 5.06. The van der Waals surface area contributed by atoms with Gasteiger partial charge in [0.2, 0.25) is 5.91 Å². The van der Waals surface area contributed by atoms with Gasteiger partial charge < -0.3 is 15.6 Å². The number of hydrogen-bond donors (Lipinski definition) is 2. The van der Waals surface area contributed by atoms with Gasteiger partial charge in [-0.1, -0.05) is 13.8 Å². The Labute approximate surface area is 108 Å². The monoisotopic (exact) mass is 250 g/mol. The number of amides is 1. The molecule has 2 rings (SSSR count). The van der Waals surface area contributed by atoms with E-state index < -0.39 is 5.54 Å². The standard InChI is InChI=1S/C13H22N4O/c1-3-11-15-7-8-17(11)9-13(12(14)18,16-4-2)10-5-6-10/h7-8,10,16H,3-6,9H2,1-2H3,(H2,14,18). The molecular formula is C13H22N4O. The third-order valence-corrected chi connectivity index (χ3v) is 3.74. The van der Waals surface area contributed by atoms with E-state index in [1.807, 2.05) is 17.7 Å². The zero-order valence-corrected chi connectivity index (χ0v) is 11.1. The lowest BCUT2D eigenvalue weighted by atomic mass is 9.91. The van der Waals surface area contributed by atoms with Gasteiger partial charge >= 0.3 is 0 Å². The molecule has 1 aliphatic rings. The SMILES string of the molecule is CCNC(Cn1ccnc1CC)(C(N)=O)C1CC1. The van der Waals surface area contributed by atoms with Crippen LogP contribution in [0.15, 0.2) is 12.4 Å². The normalized spacial score (nSPS) is 18.6. The van der Waals surface area contributed by atoms with Gasteiger partial charge in [-0.2, -0.15) is 0 Å². The summed E-state index contributed by atoms with van der Waals surface area (Å²) in [6.45, 7) is 5.41. The molecule has 0 spiro atoms. The number of likely N-dealkylation sites (N-methyl/N-ethyl adjacent to an activating group) is 1. The highest BCUT2D eigenvalue weighted by atomic mass is 16.1. The molecule has 1 unspecified atom stereocenters. The van der Waals surface area contributed by atoms with Gasteiger partial charge in [0.25, 0.3) is 0 Å². The second-order valence-electron chi connectivity index (χ2n) is 4.97. The summed E-state index contributed by atoms with van der Waals surface area (Å²) in [5.74, 6) is 1.11. The Morgan fingerprint density at radius 3 is 2.83 bits per heavy atom. The number of hydrogen-bond acceptors (Lipinski definition) is 3. The van der Waals surface area contributed by atoms with Crippen molar-refractivity contribution in [2.24, 2.45) is 11.7 Å². The molecule has 5 heteroatoms. The molecule has 1 aromatic heterocycles. The third kappa shape index (κ3) is 2.27. The molecular weight excluding hydrogens is 228 g/mol. The smallest absolute Gasteiger partial charge is 0.239 e. The number of aryl methyl sites for hydroxylation is 1. The molecule has 3 N–H and O–H groups in total. The molecule has 1 fully saturated rings. The van der Waals surface area contributed by atoms with E-state index in [0.717, 1.165) is 31.6 Å². The number of carbonyl (C=O) groups is 1. The van der Waals surface area contributed by atoms with Gasteiger partial charge in [0.05, 0.1) is 6.54 Å². The van der Waals surface area contributed by atoms with Crippen molar-refractivity contribution in [2.45, 2.75) is 45.2 Å². The molecule has 0 radical (unpaired) electrons. The predicted octanol–water partition coefficient (Wildman–Crippen LogP) is 0.689. The summed E-state index contributed by atoms with van der Waals surface area (Å²) in [5, 5.41) is 3.32. The Balaban J connectivity index is 2.26. The van der Waals surface area contributed by atoms with E-state index in [9.17, 15) is 4.79 Å². The van der Waals surface area contributed by atoms with E-state index in [4.69, 9.17) is 5.73 Å². The summed E-state index contributed by atoms with van der Waals surface area (Å²) in [7, 11) is 0. The first-order valence-electron chi connectivity index (χ1n) is 6.69. The molecule has 18 heavy (non-hydrogen) atoms. The van der Waals surface area contributed by atoms with Crippen molar-refractivity contribution < 1.29 is 4.79 Å². The van der Waals surface area contributed by atoms with Gasteiger partial charge in [-0.05, 0) is 25.3 Å². The first-order valence-corrected chi connectivity index (χ1v) is 6.69. The zero-order chi connectivity index (χ0) is 13.2. The van der Waals surface area contributed by atoms with E-state index in [1.165, 1.54) is 0 Å². The number of carbonyl (C=O) groups excluding carboxylic acids is 1. The number of aromatic nitrogens is 2. The Bertz CT molecular complexity index is 424. The van der Waals surface area contributed by atoms with Crippen molar-refractivity contribution in [3.8, 4) is 0 Å². The molecule has 0 bridgehead atoms. The first-order chi connectivity index (χ1) is 8.64.